The Kier molecular flexibility index (Phi) is 5.12. The third-order valence-corrected chi connectivity index (χ3v) is 4.58. The number of rotatable bonds is 7. The number of fused-ring (bicyclic) bond motifs is 2. The zero-order valence-electron chi connectivity index (χ0n) is 14.0. The molecule has 0 aliphatic rings. The van der Waals surface area contributed by atoms with Crippen LogP contribution in [0.1, 0.15) is 51.0 Å². The predicted molar refractivity (Wildman–Crippen MR) is 101 cm³/mol. The van der Waals surface area contributed by atoms with E-state index in [4.69, 9.17) is 10.7 Å². The van der Waals surface area contributed by atoms with Crippen molar-refractivity contribution in [3.8, 4) is 0 Å². The van der Waals surface area contributed by atoms with Crippen LogP contribution in [0.15, 0.2) is 42.5 Å². The molecule has 2 aromatic carbocycles. The Balaban J connectivity index is 1.75. The number of nitrogens with zero attached hydrogens (tertiary/aromatic N) is 1. The Hall–Kier alpha value is -2.09. The molecule has 3 aromatic rings. The third kappa shape index (κ3) is 3.82. The summed E-state index contributed by atoms with van der Waals surface area (Å²) in [5, 5.41) is 2.30. The summed E-state index contributed by atoms with van der Waals surface area (Å²) in [5.41, 5.74) is 10.5. The molecular formula is C21H26N2. The van der Waals surface area contributed by atoms with Crippen molar-refractivity contribution in [2.45, 2.75) is 51.9 Å². The molecule has 0 aliphatic heterocycles. The number of para-hydroxylation sites is 1. The first-order chi connectivity index (χ1) is 11.3. The molecular weight excluding hydrogens is 280 g/mol. The lowest BCUT2D eigenvalue weighted by molar-refractivity contribution is 0.608. The van der Waals surface area contributed by atoms with Gasteiger partial charge in [-0.1, -0.05) is 57.2 Å². The molecule has 2 N–H and O–H groups in total. The van der Waals surface area contributed by atoms with E-state index >= 15 is 0 Å². The van der Waals surface area contributed by atoms with E-state index in [2.05, 4.69) is 37.3 Å². The molecule has 0 amide bonds. The van der Waals surface area contributed by atoms with Crippen LogP contribution in [0.2, 0.25) is 0 Å². The lowest BCUT2D eigenvalue weighted by atomic mass is 10.0. The number of hydrogen-bond donors (Lipinski definition) is 1. The highest BCUT2D eigenvalue weighted by atomic mass is 14.7. The van der Waals surface area contributed by atoms with Crippen molar-refractivity contribution in [3.63, 3.8) is 0 Å². The fraction of sp³-hybridized carbons (Fsp3) is 0.381. The Morgan fingerprint density at radius 2 is 1.61 bits per heavy atom. The molecule has 23 heavy (non-hydrogen) atoms. The van der Waals surface area contributed by atoms with Crippen LogP contribution in [0.4, 0.5) is 5.69 Å². The summed E-state index contributed by atoms with van der Waals surface area (Å²) < 4.78 is 0. The van der Waals surface area contributed by atoms with Gasteiger partial charge in [-0.05, 0) is 42.7 Å². The first-order valence-corrected chi connectivity index (χ1v) is 8.86. The molecule has 120 valence electrons. The van der Waals surface area contributed by atoms with Gasteiger partial charge in [0, 0.05) is 16.5 Å². The number of nitrogen functional groups attached to an aromatic ring is 1. The van der Waals surface area contributed by atoms with Crippen LogP contribution in [0.25, 0.3) is 21.8 Å². The number of benzene rings is 2. The summed E-state index contributed by atoms with van der Waals surface area (Å²) in [4.78, 5) is 4.79. The largest absolute Gasteiger partial charge is 0.398 e. The lowest BCUT2D eigenvalue weighted by Crippen LogP contribution is -1.96. The second kappa shape index (κ2) is 7.45. The van der Waals surface area contributed by atoms with Crippen LogP contribution in [0, 0.1) is 0 Å². The van der Waals surface area contributed by atoms with E-state index in [0.29, 0.717) is 0 Å². The number of hydrogen-bond acceptors (Lipinski definition) is 2. The fourth-order valence-electron chi connectivity index (χ4n) is 3.20. The smallest absolute Gasteiger partial charge is 0.0714 e. The maximum absolute atomic E-state index is 6.27. The molecule has 0 fully saturated rings. The molecule has 3 rings (SSSR count). The number of aryl methyl sites for hydroxylation is 1. The van der Waals surface area contributed by atoms with Gasteiger partial charge in [-0.3, -0.25) is 0 Å². The van der Waals surface area contributed by atoms with Crippen molar-refractivity contribution in [2.24, 2.45) is 0 Å². The normalized spacial score (nSPS) is 11.3. The fourth-order valence-corrected chi connectivity index (χ4v) is 3.20. The minimum absolute atomic E-state index is 0.906. The predicted octanol–water partition coefficient (Wildman–Crippen LogP) is 5.87. The quantitative estimate of drug-likeness (QED) is 0.336. The van der Waals surface area contributed by atoms with E-state index in [1.54, 1.807) is 0 Å². The zero-order valence-corrected chi connectivity index (χ0v) is 14.0. The third-order valence-electron chi connectivity index (χ3n) is 4.58. The SMILES string of the molecule is CCCCCCCCc1cc2nc3ccccc3cc2cc1N. The summed E-state index contributed by atoms with van der Waals surface area (Å²) in [6.07, 6.45) is 8.92. The van der Waals surface area contributed by atoms with Gasteiger partial charge >= 0.3 is 0 Å². The monoisotopic (exact) mass is 306 g/mol. The van der Waals surface area contributed by atoms with Gasteiger partial charge in [0.25, 0.3) is 0 Å². The maximum Gasteiger partial charge on any atom is 0.0714 e. The van der Waals surface area contributed by atoms with E-state index in [9.17, 15) is 0 Å². The van der Waals surface area contributed by atoms with Crippen molar-refractivity contribution in [2.75, 3.05) is 5.73 Å². The number of nitrogens with two attached hydrogens (primary N) is 1. The summed E-state index contributed by atoms with van der Waals surface area (Å²) in [7, 11) is 0. The van der Waals surface area contributed by atoms with E-state index < -0.39 is 0 Å². The zero-order chi connectivity index (χ0) is 16.1. The summed E-state index contributed by atoms with van der Waals surface area (Å²) >= 11 is 0. The molecule has 0 unspecified atom stereocenters. The first-order valence-electron chi connectivity index (χ1n) is 8.86. The molecule has 0 radical (unpaired) electrons. The molecule has 0 spiro atoms. The Morgan fingerprint density at radius 1 is 0.826 bits per heavy atom. The van der Waals surface area contributed by atoms with Gasteiger partial charge in [-0.25, -0.2) is 4.98 Å². The Morgan fingerprint density at radius 3 is 2.48 bits per heavy atom. The number of aromatic nitrogens is 1. The van der Waals surface area contributed by atoms with E-state index in [1.807, 2.05) is 12.1 Å². The molecule has 1 heterocycles. The Bertz CT molecular complexity index is 792. The second-order valence-corrected chi connectivity index (χ2v) is 6.44. The lowest BCUT2D eigenvalue weighted by Gasteiger charge is -2.09. The van der Waals surface area contributed by atoms with Gasteiger partial charge in [-0.2, -0.15) is 0 Å². The molecule has 2 heteroatoms. The van der Waals surface area contributed by atoms with Crippen molar-refractivity contribution in [1.82, 2.24) is 4.98 Å². The van der Waals surface area contributed by atoms with Gasteiger partial charge in [0.1, 0.15) is 0 Å². The van der Waals surface area contributed by atoms with Crippen LogP contribution in [0.5, 0.6) is 0 Å². The van der Waals surface area contributed by atoms with E-state index in [1.165, 1.54) is 49.5 Å². The van der Waals surface area contributed by atoms with Crippen molar-refractivity contribution in [1.29, 1.82) is 0 Å². The summed E-state index contributed by atoms with van der Waals surface area (Å²) in [6, 6.07) is 14.7. The molecule has 0 aliphatic carbocycles. The van der Waals surface area contributed by atoms with Gasteiger partial charge in [0.15, 0.2) is 0 Å². The van der Waals surface area contributed by atoms with Crippen LogP contribution >= 0.6 is 0 Å². The average molecular weight is 306 g/mol. The average Bonchev–Trinajstić information content (AvgIpc) is 2.56. The summed E-state index contributed by atoms with van der Waals surface area (Å²) in [5.74, 6) is 0. The van der Waals surface area contributed by atoms with Gasteiger partial charge < -0.3 is 5.73 Å². The van der Waals surface area contributed by atoms with Crippen molar-refractivity contribution >= 4 is 27.5 Å². The van der Waals surface area contributed by atoms with Crippen molar-refractivity contribution < 1.29 is 0 Å². The van der Waals surface area contributed by atoms with Crippen molar-refractivity contribution in [3.05, 3.63) is 48.0 Å². The van der Waals surface area contributed by atoms with E-state index in [0.717, 1.165) is 28.5 Å². The van der Waals surface area contributed by atoms with Gasteiger partial charge in [0.05, 0.1) is 11.0 Å². The first kappa shape index (κ1) is 15.8. The highest BCUT2D eigenvalue weighted by Gasteiger charge is 2.05. The van der Waals surface area contributed by atoms with Crippen LogP contribution < -0.4 is 5.73 Å². The molecule has 0 saturated carbocycles. The van der Waals surface area contributed by atoms with Gasteiger partial charge in [0.2, 0.25) is 0 Å². The molecule has 0 bridgehead atoms. The summed E-state index contributed by atoms with van der Waals surface area (Å²) in [6.45, 7) is 2.26. The van der Waals surface area contributed by atoms with Gasteiger partial charge in [-0.15, -0.1) is 0 Å². The number of unbranched alkanes of at least 4 members (excludes halogenated alkanes) is 5. The maximum atomic E-state index is 6.27. The molecule has 0 atom stereocenters. The second-order valence-electron chi connectivity index (χ2n) is 6.44. The van der Waals surface area contributed by atoms with Crippen LogP contribution in [0.3, 0.4) is 0 Å². The minimum Gasteiger partial charge on any atom is -0.398 e. The Labute approximate surface area is 138 Å². The molecule has 2 nitrogen and oxygen atoms in total. The van der Waals surface area contributed by atoms with Crippen LogP contribution in [-0.2, 0) is 6.42 Å². The number of anilines is 1. The minimum atomic E-state index is 0.906. The number of pyridine rings is 1. The highest BCUT2D eigenvalue weighted by Crippen LogP contribution is 2.25. The molecule has 1 aromatic heterocycles. The standard InChI is InChI=1S/C21H26N2/c1-2-3-4-5-6-7-10-16-15-21-18(14-19(16)22)13-17-11-8-9-12-20(17)23-21/h8-9,11-15H,2-7,10,22H2,1H3. The highest BCUT2D eigenvalue weighted by molar-refractivity contribution is 5.94. The topological polar surface area (TPSA) is 38.9 Å². The van der Waals surface area contributed by atoms with E-state index in [-0.39, 0.29) is 0 Å². The van der Waals surface area contributed by atoms with Crippen LogP contribution in [-0.4, -0.2) is 4.98 Å². The molecule has 0 saturated heterocycles.